The van der Waals surface area contributed by atoms with Gasteiger partial charge in [0.15, 0.2) is 0 Å². The first-order valence-electron chi connectivity index (χ1n) is 7.94. The second-order valence-electron chi connectivity index (χ2n) is 5.46. The molecular weight excluding hydrogens is 278 g/mol. The number of rotatable bonds is 8. The Hall–Kier alpha value is -1.88. The van der Waals surface area contributed by atoms with E-state index in [2.05, 4.69) is 21.7 Å². The molecular formula is C17H25N3O2. The average molecular weight is 303 g/mol. The van der Waals surface area contributed by atoms with E-state index >= 15 is 0 Å². The number of anilines is 1. The molecule has 1 heterocycles. The van der Waals surface area contributed by atoms with Gasteiger partial charge in [0.2, 0.25) is 0 Å². The van der Waals surface area contributed by atoms with Crippen LogP contribution in [-0.4, -0.2) is 37.7 Å². The lowest BCUT2D eigenvalue weighted by molar-refractivity contribution is 0.0954. The van der Waals surface area contributed by atoms with Gasteiger partial charge in [-0.1, -0.05) is 11.6 Å². The topological polar surface area (TPSA) is 63.2 Å². The van der Waals surface area contributed by atoms with Crippen molar-refractivity contribution in [1.29, 1.82) is 0 Å². The maximum Gasteiger partial charge on any atom is 0.251 e. The van der Waals surface area contributed by atoms with Crippen molar-refractivity contribution in [3.8, 4) is 0 Å². The van der Waals surface area contributed by atoms with Crippen molar-refractivity contribution in [2.45, 2.75) is 32.1 Å². The fraction of sp³-hybridized carbons (Fsp3) is 0.529. The Kier molecular flexibility index (Phi) is 6.90. The first kappa shape index (κ1) is 16.5. The zero-order valence-corrected chi connectivity index (χ0v) is 13.2. The Morgan fingerprint density at radius 1 is 1.36 bits per heavy atom. The number of allylic oxidation sites excluding steroid dienone is 1. The summed E-state index contributed by atoms with van der Waals surface area (Å²) in [6.45, 7) is 1.97. The number of hydrogen-bond acceptors (Lipinski definition) is 4. The molecule has 1 aliphatic rings. The maximum absolute atomic E-state index is 12.2. The van der Waals surface area contributed by atoms with Crippen molar-refractivity contribution in [3.63, 3.8) is 0 Å². The highest BCUT2D eigenvalue weighted by atomic mass is 16.5. The number of pyridine rings is 1. The minimum atomic E-state index is -0.0476. The van der Waals surface area contributed by atoms with E-state index in [0.29, 0.717) is 31.1 Å². The monoisotopic (exact) mass is 303 g/mol. The van der Waals surface area contributed by atoms with Crippen LogP contribution in [0.4, 0.5) is 5.82 Å². The standard InChI is InChI=1S/C17H25N3O2/c1-22-12-11-19-16-13-15(8-10-18-16)17(21)20-9-7-14-5-3-2-4-6-14/h5,8,10,13H,2-4,6-7,9,11-12H2,1H3,(H,18,19)(H,20,21). The summed E-state index contributed by atoms with van der Waals surface area (Å²) in [5.41, 5.74) is 2.11. The Morgan fingerprint density at radius 3 is 3.05 bits per heavy atom. The van der Waals surface area contributed by atoms with Crippen molar-refractivity contribution in [2.75, 3.05) is 32.1 Å². The number of nitrogens with zero attached hydrogens (tertiary/aromatic N) is 1. The van der Waals surface area contributed by atoms with Crippen LogP contribution in [0.5, 0.6) is 0 Å². The van der Waals surface area contributed by atoms with E-state index in [-0.39, 0.29) is 5.91 Å². The summed E-state index contributed by atoms with van der Waals surface area (Å²) in [4.78, 5) is 16.3. The predicted octanol–water partition coefficient (Wildman–Crippen LogP) is 2.76. The zero-order valence-electron chi connectivity index (χ0n) is 13.2. The van der Waals surface area contributed by atoms with Crippen LogP contribution in [0, 0.1) is 0 Å². The smallest absolute Gasteiger partial charge is 0.251 e. The molecule has 5 nitrogen and oxygen atoms in total. The molecule has 0 unspecified atom stereocenters. The Bertz CT molecular complexity index is 514. The van der Waals surface area contributed by atoms with Crippen molar-refractivity contribution in [2.24, 2.45) is 0 Å². The van der Waals surface area contributed by atoms with Crippen LogP contribution in [0.15, 0.2) is 30.0 Å². The van der Waals surface area contributed by atoms with Crippen molar-refractivity contribution >= 4 is 11.7 Å². The van der Waals surface area contributed by atoms with E-state index in [1.807, 2.05) is 0 Å². The first-order chi connectivity index (χ1) is 10.8. The third-order valence-electron chi connectivity index (χ3n) is 3.75. The van der Waals surface area contributed by atoms with Crippen molar-refractivity contribution < 1.29 is 9.53 Å². The predicted molar refractivity (Wildman–Crippen MR) is 88.1 cm³/mol. The van der Waals surface area contributed by atoms with Crippen LogP contribution in [0.1, 0.15) is 42.5 Å². The fourth-order valence-electron chi connectivity index (χ4n) is 2.52. The second kappa shape index (κ2) is 9.20. The molecule has 0 spiro atoms. The molecule has 1 aromatic rings. The quantitative estimate of drug-likeness (QED) is 0.572. The van der Waals surface area contributed by atoms with Gasteiger partial charge in [-0.3, -0.25) is 4.79 Å². The van der Waals surface area contributed by atoms with E-state index in [0.717, 1.165) is 6.42 Å². The molecule has 2 rings (SSSR count). The van der Waals surface area contributed by atoms with E-state index in [1.165, 1.54) is 31.3 Å². The van der Waals surface area contributed by atoms with Gasteiger partial charge in [-0.2, -0.15) is 0 Å². The van der Waals surface area contributed by atoms with Crippen LogP contribution in [0.25, 0.3) is 0 Å². The highest BCUT2D eigenvalue weighted by Gasteiger charge is 2.08. The van der Waals surface area contributed by atoms with Crippen LogP contribution in [-0.2, 0) is 4.74 Å². The normalized spacial score (nSPS) is 14.3. The Balaban J connectivity index is 1.78. The largest absolute Gasteiger partial charge is 0.383 e. The summed E-state index contributed by atoms with van der Waals surface area (Å²) in [6, 6.07) is 3.50. The second-order valence-corrected chi connectivity index (χ2v) is 5.46. The number of ether oxygens (including phenoxy) is 1. The summed E-state index contributed by atoms with van der Waals surface area (Å²) >= 11 is 0. The number of amides is 1. The van der Waals surface area contributed by atoms with Crippen molar-refractivity contribution in [1.82, 2.24) is 10.3 Å². The Labute approximate surface area is 132 Å². The van der Waals surface area contributed by atoms with Crippen LogP contribution < -0.4 is 10.6 Å². The van der Waals surface area contributed by atoms with E-state index < -0.39 is 0 Å². The molecule has 0 aromatic carbocycles. The van der Waals surface area contributed by atoms with Gasteiger partial charge in [0.05, 0.1) is 6.61 Å². The summed E-state index contributed by atoms with van der Waals surface area (Å²) in [7, 11) is 1.65. The molecule has 2 N–H and O–H groups in total. The summed E-state index contributed by atoms with van der Waals surface area (Å²) in [6.07, 6.45) is 9.86. The molecule has 0 saturated heterocycles. The SMILES string of the molecule is COCCNc1cc(C(=O)NCCC2=CCCCC2)ccn1. The van der Waals surface area contributed by atoms with Gasteiger partial charge in [0, 0.05) is 32.0 Å². The molecule has 5 heteroatoms. The molecule has 0 atom stereocenters. The lowest BCUT2D eigenvalue weighted by Crippen LogP contribution is -2.25. The highest BCUT2D eigenvalue weighted by molar-refractivity contribution is 5.94. The number of aromatic nitrogens is 1. The number of hydrogen-bond donors (Lipinski definition) is 2. The zero-order chi connectivity index (χ0) is 15.6. The minimum absolute atomic E-state index is 0.0476. The number of carbonyl (C=O) groups excluding carboxylic acids is 1. The number of methoxy groups -OCH3 is 1. The lowest BCUT2D eigenvalue weighted by Gasteiger charge is -2.13. The molecule has 1 aromatic heterocycles. The van der Waals surface area contributed by atoms with Crippen LogP contribution >= 0.6 is 0 Å². The third kappa shape index (κ3) is 5.48. The maximum atomic E-state index is 12.2. The van der Waals surface area contributed by atoms with Gasteiger partial charge in [-0.25, -0.2) is 4.98 Å². The fourth-order valence-corrected chi connectivity index (χ4v) is 2.52. The van der Waals surface area contributed by atoms with Gasteiger partial charge in [0.1, 0.15) is 5.82 Å². The van der Waals surface area contributed by atoms with Gasteiger partial charge < -0.3 is 15.4 Å². The lowest BCUT2D eigenvalue weighted by atomic mass is 9.97. The average Bonchev–Trinajstić information content (AvgIpc) is 2.56. The molecule has 0 aliphatic heterocycles. The molecule has 0 bridgehead atoms. The summed E-state index contributed by atoms with van der Waals surface area (Å²) < 4.78 is 4.98. The number of carbonyl (C=O) groups is 1. The van der Waals surface area contributed by atoms with Crippen LogP contribution in [0.3, 0.4) is 0 Å². The highest BCUT2D eigenvalue weighted by Crippen LogP contribution is 2.19. The van der Waals surface area contributed by atoms with E-state index in [9.17, 15) is 4.79 Å². The first-order valence-corrected chi connectivity index (χ1v) is 7.94. The minimum Gasteiger partial charge on any atom is -0.383 e. The van der Waals surface area contributed by atoms with Gasteiger partial charge >= 0.3 is 0 Å². The molecule has 22 heavy (non-hydrogen) atoms. The van der Waals surface area contributed by atoms with Crippen molar-refractivity contribution in [3.05, 3.63) is 35.5 Å². The van der Waals surface area contributed by atoms with Gasteiger partial charge in [0.25, 0.3) is 5.91 Å². The molecule has 1 aliphatic carbocycles. The van der Waals surface area contributed by atoms with Crippen LogP contribution in [0.2, 0.25) is 0 Å². The molecule has 0 saturated carbocycles. The molecule has 1 amide bonds. The van der Waals surface area contributed by atoms with E-state index in [1.54, 1.807) is 25.4 Å². The van der Waals surface area contributed by atoms with Gasteiger partial charge in [-0.05, 0) is 44.2 Å². The number of nitrogens with one attached hydrogen (secondary N) is 2. The van der Waals surface area contributed by atoms with Gasteiger partial charge in [-0.15, -0.1) is 0 Å². The summed E-state index contributed by atoms with van der Waals surface area (Å²) in [5.74, 6) is 0.647. The molecule has 0 fully saturated rings. The van der Waals surface area contributed by atoms with E-state index in [4.69, 9.17) is 4.74 Å². The molecule has 120 valence electrons. The Morgan fingerprint density at radius 2 is 2.27 bits per heavy atom. The summed E-state index contributed by atoms with van der Waals surface area (Å²) in [5, 5.41) is 6.10. The molecule has 0 radical (unpaired) electrons. The third-order valence-corrected chi connectivity index (χ3v) is 3.75.